The van der Waals surface area contributed by atoms with Crippen LogP contribution in [0.2, 0.25) is 0 Å². The second-order valence-electron chi connectivity index (χ2n) is 6.42. The molecular formula is C20H27N3O2. The Hall–Kier alpha value is -2.53. The zero-order chi connectivity index (χ0) is 18.2. The molecule has 0 atom stereocenters. The third kappa shape index (κ3) is 6.12. The molecule has 0 aliphatic carbocycles. The molecule has 134 valence electrons. The molecule has 0 radical (unpaired) electrons. The molecule has 0 saturated heterocycles. The van der Waals surface area contributed by atoms with E-state index in [0.717, 1.165) is 23.4 Å². The van der Waals surface area contributed by atoms with Crippen molar-refractivity contribution in [1.82, 2.24) is 15.1 Å². The molecule has 2 aromatic carbocycles. The van der Waals surface area contributed by atoms with Crippen LogP contribution in [0.25, 0.3) is 0 Å². The number of nitrogens with one attached hydrogen (secondary N) is 1. The van der Waals surface area contributed by atoms with E-state index in [1.165, 1.54) is 5.56 Å². The summed E-state index contributed by atoms with van der Waals surface area (Å²) in [5, 5.41) is 2.95. The smallest absolute Gasteiger partial charge is 0.317 e. The van der Waals surface area contributed by atoms with Gasteiger partial charge in [-0.1, -0.05) is 36.4 Å². The van der Waals surface area contributed by atoms with E-state index in [-0.39, 0.29) is 6.03 Å². The van der Waals surface area contributed by atoms with Gasteiger partial charge in [-0.2, -0.15) is 0 Å². The van der Waals surface area contributed by atoms with Crippen molar-refractivity contribution in [2.45, 2.75) is 19.6 Å². The first kappa shape index (κ1) is 18.8. The van der Waals surface area contributed by atoms with E-state index in [1.54, 1.807) is 19.1 Å². The van der Waals surface area contributed by atoms with E-state index >= 15 is 0 Å². The fraction of sp³-hybridized carbons (Fsp3) is 0.350. The number of carbonyl (C=O) groups is 1. The average Bonchev–Trinajstić information content (AvgIpc) is 2.60. The summed E-state index contributed by atoms with van der Waals surface area (Å²) in [6, 6.07) is 16.0. The summed E-state index contributed by atoms with van der Waals surface area (Å²) in [5.74, 6) is 0.795. The van der Waals surface area contributed by atoms with Crippen molar-refractivity contribution in [2.24, 2.45) is 0 Å². The maximum atomic E-state index is 12.3. The van der Waals surface area contributed by atoms with Crippen LogP contribution in [0, 0.1) is 0 Å². The summed E-state index contributed by atoms with van der Waals surface area (Å²) in [7, 11) is 7.52. The molecule has 5 nitrogen and oxygen atoms in total. The zero-order valence-corrected chi connectivity index (χ0v) is 15.5. The number of benzene rings is 2. The molecule has 0 saturated carbocycles. The van der Waals surface area contributed by atoms with E-state index in [2.05, 4.69) is 34.5 Å². The largest absolute Gasteiger partial charge is 0.497 e. The highest BCUT2D eigenvalue weighted by atomic mass is 16.5. The Bertz CT molecular complexity index is 684. The van der Waals surface area contributed by atoms with E-state index in [4.69, 9.17) is 4.74 Å². The summed E-state index contributed by atoms with van der Waals surface area (Å²) in [5.41, 5.74) is 3.38. The first-order chi connectivity index (χ1) is 12.0. The Labute approximate surface area is 150 Å². The minimum absolute atomic E-state index is 0.0970. The van der Waals surface area contributed by atoms with Gasteiger partial charge >= 0.3 is 6.03 Å². The van der Waals surface area contributed by atoms with Crippen LogP contribution in [-0.4, -0.2) is 44.1 Å². The van der Waals surface area contributed by atoms with Gasteiger partial charge < -0.3 is 19.9 Å². The molecule has 0 bridgehead atoms. The molecular weight excluding hydrogens is 314 g/mol. The van der Waals surface area contributed by atoms with E-state index < -0.39 is 0 Å². The molecule has 2 amide bonds. The minimum atomic E-state index is -0.0970. The lowest BCUT2D eigenvalue weighted by atomic mass is 10.1. The fourth-order valence-electron chi connectivity index (χ4n) is 2.56. The van der Waals surface area contributed by atoms with Crippen LogP contribution in [0.3, 0.4) is 0 Å². The van der Waals surface area contributed by atoms with Gasteiger partial charge in [0.2, 0.25) is 0 Å². The first-order valence-corrected chi connectivity index (χ1v) is 8.32. The Morgan fingerprint density at radius 3 is 2.28 bits per heavy atom. The second-order valence-corrected chi connectivity index (χ2v) is 6.42. The van der Waals surface area contributed by atoms with Crippen molar-refractivity contribution in [3.8, 4) is 5.75 Å². The number of ether oxygens (including phenoxy) is 1. The van der Waals surface area contributed by atoms with Crippen LogP contribution in [0.15, 0.2) is 48.5 Å². The van der Waals surface area contributed by atoms with Crippen LogP contribution in [0.5, 0.6) is 5.75 Å². The van der Waals surface area contributed by atoms with E-state index in [0.29, 0.717) is 13.1 Å². The summed E-state index contributed by atoms with van der Waals surface area (Å²) < 4.78 is 5.21. The van der Waals surface area contributed by atoms with Crippen LogP contribution < -0.4 is 10.1 Å². The topological polar surface area (TPSA) is 44.8 Å². The number of rotatable bonds is 7. The highest BCUT2D eigenvalue weighted by Crippen LogP contribution is 2.14. The quantitative estimate of drug-likeness (QED) is 0.842. The van der Waals surface area contributed by atoms with Crippen LogP contribution in [0.1, 0.15) is 16.7 Å². The number of nitrogens with zero attached hydrogens (tertiary/aromatic N) is 2. The van der Waals surface area contributed by atoms with Crippen LogP contribution in [0.4, 0.5) is 4.79 Å². The molecule has 0 aliphatic rings. The van der Waals surface area contributed by atoms with Crippen molar-refractivity contribution in [1.29, 1.82) is 0 Å². The van der Waals surface area contributed by atoms with E-state index in [9.17, 15) is 4.79 Å². The van der Waals surface area contributed by atoms with E-state index in [1.807, 2.05) is 38.4 Å². The molecule has 25 heavy (non-hydrogen) atoms. The van der Waals surface area contributed by atoms with Gasteiger partial charge in [0.25, 0.3) is 0 Å². The highest BCUT2D eigenvalue weighted by Gasteiger charge is 2.09. The van der Waals surface area contributed by atoms with Gasteiger partial charge in [-0.15, -0.1) is 0 Å². The summed E-state index contributed by atoms with van der Waals surface area (Å²) in [6.07, 6.45) is 0. The molecule has 2 aromatic rings. The summed E-state index contributed by atoms with van der Waals surface area (Å²) in [6.45, 7) is 1.96. The van der Waals surface area contributed by atoms with Crippen molar-refractivity contribution < 1.29 is 9.53 Å². The number of methoxy groups -OCH3 is 1. The maximum Gasteiger partial charge on any atom is 0.317 e. The van der Waals surface area contributed by atoms with Gasteiger partial charge in [0.15, 0.2) is 0 Å². The molecule has 0 aromatic heterocycles. The second kappa shape index (κ2) is 9.08. The maximum absolute atomic E-state index is 12.3. The standard InChI is InChI=1S/C20H27N3O2/c1-22(2)14-17-10-8-16(9-11-17)13-21-20(24)23(3)15-18-6-5-7-19(12-18)25-4/h5-12H,13-15H2,1-4H3,(H,21,24). The normalized spacial score (nSPS) is 10.6. The van der Waals surface area contributed by atoms with Crippen molar-refractivity contribution in [3.63, 3.8) is 0 Å². The monoisotopic (exact) mass is 341 g/mol. The van der Waals surface area contributed by atoms with Crippen LogP contribution >= 0.6 is 0 Å². The Balaban J connectivity index is 1.84. The number of amides is 2. The fourth-order valence-corrected chi connectivity index (χ4v) is 2.56. The molecule has 0 heterocycles. The van der Waals surface area contributed by atoms with Crippen LogP contribution in [-0.2, 0) is 19.6 Å². The number of hydrogen-bond donors (Lipinski definition) is 1. The minimum Gasteiger partial charge on any atom is -0.497 e. The van der Waals surface area contributed by atoms with Gasteiger partial charge in [-0.05, 0) is 42.9 Å². The predicted octanol–water partition coefficient (Wildman–Crippen LogP) is 3.10. The highest BCUT2D eigenvalue weighted by molar-refractivity contribution is 5.73. The van der Waals surface area contributed by atoms with Gasteiger partial charge in [0.05, 0.1) is 7.11 Å². The lowest BCUT2D eigenvalue weighted by Crippen LogP contribution is -2.36. The van der Waals surface area contributed by atoms with Gasteiger partial charge in [0.1, 0.15) is 5.75 Å². The first-order valence-electron chi connectivity index (χ1n) is 8.32. The Morgan fingerprint density at radius 2 is 1.64 bits per heavy atom. The summed E-state index contributed by atoms with van der Waals surface area (Å²) in [4.78, 5) is 16.1. The molecule has 0 aliphatic heterocycles. The number of urea groups is 1. The van der Waals surface area contributed by atoms with Gasteiger partial charge in [-0.3, -0.25) is 0 Å². The zero-order valence-electron chi connectivity index (χ0n) is 15.5. The molecule has 5 heteroatoms. The van der Waals surface area contributed by atoms with Gasteiger partial charge in [-0.25, -0.2) is 4.79 Å². The average molecular weight is 341 g/mol. The molecule has 1 N–H and O–H groups in total. The van der Waals surface area contributed by atoms with Gasteiger partial charge in [0, 0.05) is 26.7 Å². The lowest BCUT2D eigenvalue weighted by molar-refractivity contribution is 0.206. The SMILES string of the molecule is COc1cccc(CN(C)C(=O)NCc2ccc(CN(C)C)cc2)c1. The third-order valence-electron chi connectivity index (χ3n) is 3.87. The Morgan fingerprint density at radius 1 is 0.960 bits per heavy atom. The van der Waals surface area contributed by atoms with Crippen molar-refractivity contribution >= 4 is 6.03 Å². The molecule has 0 fully saturated rings. The lowest BCUT2D eigenvalue weighted by Gasteiger charge is -2.18. The molecule has 0 spiro atoms. The van der Waals surface area contributed by atoms with Crippen molar-refractivity contribution in [2.75, 3.05) is 28.3 Å². The third-order valence-corrected chi connectivity index (χ3v) is 3.87. The molecule has 2 rings (SSSR count). The van der Waals surface area contributed by atoms with Crippen molar-refractivity contribution in [3.05, 3.63) is 65.2 Å². The summed E-state index contributed by atoms with van der Waals surface area (Å²) >= 11 is 0. The number of hydrogen-bond acceptors (Lipinski definition) is 3. The Kier molecular flexibility index (Phi) is 6.83. The molecule has 0 unspecified atom stereocenters. The predicted molar refractivity (Wildman–Crippen MR) is 101 cm³/mol. The number of carbonyl (C=O) groups excluding carboxylic acids is 1.